The van der Waals surface area contributed by atoms with Crippen molar-refractivity contribution in [3.05, 3.63) is 114 Å². The highest BCUT2D eigenvalue weighted by atomic mass is 32.1. The van der Waals surface area contributed by atoms with Gasteiger partial charge in [-0.3, -0.25) is 14.2 Å². The van der Waals surface area contributed by atoms with Gasteiger partial charge >= 0.3 is 0 Å². The van der Waals surface area contributed by atoms with Crippen LogP contribution in [0.15, 0.2) is 93.2 Å². The molecule has 0 saturated heterocycles. The third-order valence-electron chi connectivity index (χ3n) is 5.52. The van der Waals surface area contributed by atoms with Gasteiger partial charge in [-0.1, -0.05) is 47.7 Å². The van der Waals surface area contributed by atoms with Crippen LogP contribution in [0.25, 0.3) is 6.08 Å². The molecule has 5 rings (SSSR count). The summed E-state index contributed by atoms with van der Waals surface area (Å²) in [6.45, 7) is 1.81. The van der Waals surface area contributed by atoms with Crippen molar-refractivity contribution < 1.29 is 9.53 Å². The molecule has 34 heavy (non-hydrogen) atoms. The highest BCUT2D eigenvalue weighted by Crippen LogP contribution is 2.32. The smallest absolute Gasteiger partial charge is 0.271 e. The van der Waals surface area contributed by atoms with Crippen molar-refractivity contribution >= 4 is 40.3 Å². The van der Waals surface area contributed by atoms with Crippen LogP contribution in [0.3, 0.4) is 0 Å². The second-order valence-corrected chi connectivity index (χ2v) is 9.68. The molecule has 1 amide bonds. The molecule has 3 heterocycles. The summed E-state index contributed by atoms with van der Waals surface area (Å²) >= 11 is 2.89. The van der Waals surface area contributed by atoms with Crippen molar-refractivity contribution in [3.8, 4) is 5.75 Å². The van der Waals surface area contributed by atoms with E-state index in [0.29, 0.717) is 32.0 Å². The summed E-state index contributed by atoms with van der Waals surface area (Å²) in [5, 5.41) is 4.93. The van der Waals surface area contributed by atoms with Crippen molar-refractivity contribution in [3.63, 3.8) is 0 Å². The summed E-state index contributed by atoms with van der Waals surface area (Å²) in [7, 11) is 1.59. The standard InChI is InChI=1S/C26H21N3O3S2/c1-16-22(24(30)28-18-9-4-3-5-10-18)23(17-8-6-11-19(14-17)32-2)29-25(31)21(34-26(29)27-16)15-20-12-7-13-33-20/h3-15,23H,1-2H3,(H,28,30). The van der Waals surface area contributed by atoms with E-state index in [9.17, 15) is 9.59 Å². The average Bonchev–Trinajstić information content (AvgIpc) is 3.47. The van der Waals surface area contributed by atoms with E-state index in [1.54, 1.807) is 23.0 Å². The predicted molar refractivity (Wildman–Crippen MR) is 136 cm³/mol. The minimum absolute atomic E-state index is 0.178. The van der Waals surface area contributed by atoms with E-state index in [1.807, 2.05) is 85.1 Å². The summed E-state index contributed by atoms with van der Waals surface area (Å²) in [6.07, 6.45) is 1.88. The lowest BCUT2D eigenvalue weighted by Gasteiger charge is -2.25. The number of aromatic nitrogens is 1. The number of benzene rings is 2. The first-order chi connectivity index (χ1) is 16.5. The minimum Gasteiger partial charge on any atom is -0.497 e. The van der Waals surface area contributed by atoms with Crippen molar-refractivity contribution in [2.75, 3.05) is 12.4 Å². The maximum Gasteiger partial charge on any atom is 0.271 e. The summed E-state index contributed by atoms with van der Waals surface area (Å²) in [5.41, 5.74) is 2.27. The highest BCUT2D eigenvalue weighted by molar-refractivity contribution is 7.11. The molecule has 4 aromatic rings. The summed E-state index contributed by atoms with van der Waals surface area (Å²) in [5.74, 6) is 0.350. The van der Waals surface area contributed by atoms with Crippen molar-refractivity contribution in [2.45, 2.75) is 13.0 Å². The Morgan fingerprint density at radius 2 is 1.94 bits per heavy atom. The van der Waals surface area contributed by atoms with Crippen LogP contribution in [0.5, 0.6) is 5.75 Å². The number of allylic oxidation sites excluding steroid dienone is 1. The maximum atomic E-state index is 13.6. The fourth-order valence-electron chi connectivity index (χ4n) is 3.96. The van der Waals surface area contributed by atoms with Gasteiger partial charge in [0.15, 0.2) is 4.80 Å². The molecule has 1 aliphatic rings. The van der Waals surface area contributed by atoms with Crippen LogP contribution in [-0.2, 0) is 4.79 Å². The largest absolute Gasteiger partial charge is 0.497 e. The van der Waals surface area contributed by atoms with Gasteiger partial charge in [0.1, 0.15) is 5.75 Å². The number of para-hydroxylation sites is 1. The molecule has 1 unspecified atom stereocenters. The Morgan fingerprint density at radius 1 is 1.12 bits per heavy atom. The first kappa shape index (κ1) is 22.1. The number of thiophene rings is 1. The molecule has 0 bridgehead atoms. The van der Waals surface area contributed by atoms with Crippen molar-refractivity contribution in [1.82, 2.24) is 4.57 Å². The lowest BCUT2D eigenvalue weighted by Crippen LogP contribution is -2.40. The fraction of sp³-hybridized carbons (Fsp3) is 0.115. The minimum atomic E-state index is -0.638. The van der Waals surface area contributed by atoms with Gasteiger partial charge in [-0.25, -0.2) is 4.99 Å². The van der Waals surface area contributed by atoms with Crippen LogP contribution in [0.4, 0.5) is 5.69 Å². The summed E-state index contributed by atoms with van der Waals surface area (Å²) in [4.78, 5) is 33.4. The third-order valence-corrected chi connectivity index (χ3v) is 7.33. The number of nitrogens with zero attached hydrogens (tertiary/aromatic N) is 2. The average molecular weight is 488 g/mol. The highest BCUT2D eigenvalue weighted by Gasteiger charge is 2.32. The van der Waals surface area contributed by atoms with Crippen LogP contribution in [0, 0.1) is 0 Å². The normalized spacial score (nSPS) is 15.6. The van der Waals surface area contributed by atoms with Gasteiger partial charge in [0, 0.05) is 10.6 Å². The molecular formula is C26H21N3O3S2. The van der Waals surface area contributed by atoms with E-state index >= 15 is 0 Å². The van der Waals surface area contributed by atoms with Gasteiger partial charge < -0.3 is 10.1 Å². The van der Waals surface area contributed by atoms with Gasteiger partial charge in [0.05, 0.1) is 29.0 Å². The fourth-order valence-corrected chi connectivity index (χ4v) is 5.73. The molecule has 0 saturated carbocycles. The second kappa shape index (κ2) is 9.24. The SMILES string of the molecule is COc1cccc(C2C(C(=O)Nc3ccccc3)=C(C)N=c3sc(=Cc4cccs4)c(=O)n32)c1. The van der Waals surface area contributed by atoms with Crippen LogP contribution in [0.2, 0.25) is 0 Å². The first-order valence-electron chi connectivity index (χ1n) is 10.6. The van der Waals surface area contributed by atoms with E-state index in [1.165, 1.54) is 11.3 Å². The number of carbonyl (C=O) groups is 1. The number of fused-ring (bicyclic) bond motifs is 1. The van der Waals surface area contributed by atoms with Gasteiger partial charge in [0.2, 0.25) is 0 Å². The molecule has 1 atom stereocenters. The predicted octanol–water partition coefficient (Wildman–Crippen LogP) is 3.94. The Hall–Kier alpha value is -3.75. The molecule has 0 radical (unpaired) electrons. The zero-order chi connectivity index (χ0) is 23.7. The molecule has 2 aromatic carbocycles. The van der Waals surface area contributed by atoms with Crippen molar-refractivity contribution in [1.29, 1.82) is 0 Å². The number of hydrogen-bond acceptors (Lipinski definition) is 6. The van der Waals surface area contributed by atoms with E-state index < -0.39 is 6.04 Å². The Balaban J connectivity index is 1.70. The molecular weight excluding hydrogens is 466 g/mol. The Morgan fingerprint density at radius 3 is 2.68 bits per heavy atom. The quantitative estimate of drug-likeness (QED) is 0.463. The molecule has 8 heteroatoms. The van der Waals surface area contributed by atoms with Crippen LogP contribution in [-0.4, -0.2) is 17.6 Å². The van der Waals surface area contributed by atoms with Gasteiger partial charge in [0.25, 0.3) is 11.5 Å². The first-order valence-corrected chi connectivity index (χ1v) is 12.3. The van der Waals surface area contributed by atoms with Gasteiger partial charge in [-0.15, -0.1) is 11.3 Å². The molecule has 0 spiro atoms. The zero-order valence-corrected chi connectivity index (χ0v) is 20.2. The number of methoxy groups -OCH3 is 1. The Kier molecular flexibility index (Phi) is 6.00. The Bertz CT molecular complexity index is 1570. The summed E-state index contributed by atoms with van der Waals surface area (Å²) < 4.78 is 7.62. The van der Waals surface area contributed by atoms with Gasteiger partial charge in [-0.05, 0) is 54.3 Å². The number of carbonyl (C=O) groups excluding carboxylic acids is 1. The van der Waals surface area contributed by atoms with Crippen LogP contribution >= 0.6 is 22.7 Å². The van der Waals surface area contributed by atoms with E-state index in [4.69, 9.17) is 4.74 Å². The zero-order valence-electron chi connectivity index (χ0n) is 18.5. The van der Waals surface area contributed by atoms with E-state index in [-0.39, 0.29) is 11.5 Å². The topological polar surface area (TPSA) is 72.7 Å². The number of thiazole rings is 1. The molecule has 1 N–H and O–H groups in total. The Labute approximate surface area is 203 Å². The number of nitrogens with one attached hydrogen (secondary N) is 1. The third kappa shape index (κ3) is 4.13. The summed E-state index contributed by atoms with van der Waals surface area (Å²) in [6, 6.07) is 20.0. The van der Waals surface area contributed by atoms with Crippen molar-refractivity contribution in [2.24, 2.45) is 4.99 Å². The number of amides is 1. The maximum absolute atomic E-state index is 13.6. The van der Waals surface area contributed by atoms with E-state index in [0.717, 1.165) is 10.4 Å². The van der Waals surface area contributed by atoms with Crippen LogP contribution in [0.1, 0.15) is 23.4 Å². The lowest BCUT2D eigenvalue weighted by atomic mass is 9.95. The van der Waals surface area contributed by atoms with E-state index in [2.05, 4.69) is 10.3 Å². The number of anilines is 1. The molecule has 1 aliphatic heterocycles. The van der Waals surface area contributed by atoms with Gasteiger partial charge in [-0.2, -0.15) is 0 Å². The number of ether oxygens (including phenoxy) is 1. The molecule has 0 fully saturated rings. The molecule has 6 nitrogen and oxygen atoms in total. The lowest BCUT2D eigenvalue weighted by molar-refractivity contribution is -0.113. The van der Waals surface area contributed by atoms with Crippen LogP contribution < -0.4 is 24.9 Å². The molecule has 170 valence electrons. The second-order valence-electron chi connectivity index (χ2n) is 7.69. The molecule has 2 aromatic heterocycles. The molecule has 0 aliphatic carbocycles. The number of hydrogen-bond donors (Lipinski definition) is 1. The monoisotopic (exact) mass is 487 g/mol. The number of rotatable bonds is 5.